The van der Waals surface area contributed by atoms with Gasteiger partial charge in [-0.25, -0.2) is 4.39 Å². The van der Waals surface area contributed by atoms with Gasteiger partial charge in [-0.05, 0) is 46.5 Å². The fourth-order valence-electron chi connectivity index (χ4n) is 2.92. The third-order valence-corrected chi connectivity index (χ3v) is 4.56. The Hall–Kier alpha value is -0.940. The van der Waals surface area contributed by atoms with E-state index in [-0.39, 0.29) is 17.8 Å². The molecule has 3 rings (SSSR count). The molecule has 0 saturated carbocycles. The van der Waals surface area contributed by atoms with Crippen molar-refractivity contribution in [1.29, 1.82) is 0 Å². The average Bonchev–Trinajstić information content (AvgIpc) is 2.93. The minimum Gasteiger partial charge on any atom is -0.334 e. The molecule has 2 heterocycles. The molecule has 96 valence electrons. The smallest absolute Gasteiger partial charge is 0.255 e. The van der Waals surface area contributed by atoms with Gasteiger partial charge in [0.25, 0.3) is 5.91 Å². The highest BCUT2D eigenvalue weighted by Gasteiger charge is 2.40. The number of hydrogen-bond donors (Lipinski definition) is 1. The predicted octanol–water partition coefficient (Wildman–Crippen LogP) is 2.02. The third-order valence-electron chi connectivity index (χ3n) is 3.86. The molecular weight excluding hydrogens is 299 g/mol. The summed E-state index contributed by atoms with van der Waals surface area (Å²) in [6, 6.07) is 4.52. The van der Waals surface area contributed by atoms with Crippen LogP contribution in [0, 0.1) is 11.7 Å². The summed E-state index contributed by atoms with van der Waals surface area (Å²) in [5, 5.41) is 3.31. The fraction of sp³-hybridized carbons (Fsp3) is 0.462. The molecule has 2 saturated heterocycles. The van der Waals surface area contributed by atoms with Gasteiger partial charge in [0, 0.05) is 30.1 Å². The molecule has 2 aliphatic rings. The topological polar surface area (TPSA) is 32.3 Å². The first kappa shape index (κ1) is 12.1. The number of rotatable bonds is 1. The van der Waals surface area contributed by atoms with Crippen molar-refractivity contribution in [2.45, 2.75) is 12.5 Å². The maximum Gasteiger partial charge on any atom is 0.255 e. The van der Waals surface area contributed by atoms with Gasteiger partial charge in [0.15, 0.2) is 0 Å². The molecule has 5 heteroatoms. The van der Waals surface area contributed by atoms with Gasteiger partial charge in [-0.1, -0.05) is 0 Å². The third kappa shape index (κ3) is 1.95. The standard InChI is InChI=1S/C13H14BrFN2O/c14-11-2-1-9(15)5-10(11)13(18)17-4-3-8-6-16-7-12(8)17/h1-2,5,8,12,16H,3-4,6-7H2/t8-,12+/m0/s1. The van der Waals surface area contributed by atoms with E-state index in [4.69, 9.17) is 0 Å². The average molecular weight is 313 g/mol. The Morgan fingerprint density at radius 1 is 1.44 bits per heavy atom. The van der Waals surface area contributed by atoms with Crippen LogP contribution >= 0.6 is 15.9 Å². The van der Waals surface area contributed by atoms with Crippen molar-refractivity contribution >= 4 is 21.8 Å². The zero-order valence-electron chi connectivity index (χ0n) is 9.83. The van der Waals surface area contributed by atoms with Crippen molar-refractivity contribution in [3.63, 3.8) is 0 Å². The molecule has 2 atom stereocenters. The number of likely N-dealkylation sites (tertiary alicyclic amines) is 1. The highest BCUT2D eigenvalue weighted by Crippen LogP contribution is 2.30. The van der Waals surface area contributed by atoms with Crippen LogP contribution in [0.5, 0.6) is 0 Å². The van der Waals surface area contributed by atoms with E-state index in [2.05, 4.69) is 21.2 Å². The van der Waals surface area contributed by atoms with E-state index in [1.54, 1.807) is 6.07 Å². The quantitative estimate of drug-likeness (QED) is 0.860. The van der Waals surface area contributed by atoms with Crippen LogP contribution in [-0.4, -0.2) is 36.5 Å². The Bertz CT molecular complexity index is 494. The summed E-state index contributed by atoms with van der Waals surface area (Å²) in [5.74, 6) is 0.112. The lowest BCUT2D eigenvalue weighted by Crippen LogP contribution is -2.39. The maximum atomic E-state index is 13.3. The SMILES string of the molecule is O=C(c1cc(F)ccc1Br)N1CC[C@H]2CNC[C@H]21. The highest BCUT2D eigenvalue weighted by molar-refractivity contribution is 9.10. The number of carbonyl (C=O) groups is 1. The Balaban J connectivity index is 1.88. The zero-order valence-corrected chi connectivity index (χ0v) is 11.4. The van der Waals surface area contributed by atoms with Crippen molar-refractivity contribution < 1.29 is 9.18 Å². The number of carbonyl (C=O) groups excluding carboxylic acids is 1. The van der Waals surface area contributed by atoms with Gasteiger partial charge in [0.1, 0.15) is 5.82 Å². The zero-order chi connectivity index (χ0) is 12.7. The number of hydrogen-bond acceptors (Lipinski definition) is 2. The molecule has 0 aliphatic carbocycles. The van der Waals surface area contributed by atoms with E-state index in [0.717, 1.165) is 26.1 Å². The van der Waals surface area contributed by atoms with Gasteiger partial charge in [-0.3, -0.25) is 4.79 Å². The molecule has 1 aromatic rings. The van der Waals surface area contributed by atoms with Crippen LogP contribution in [0.1, 0.15) is 16.8 Å². The maximum absolute atomic E-state index is 13.3. The number of fused-ring (bicyclic) bond motifs is 1. The van der Waals surface area contributed by atoms with Gasteiger partial charge in [0.05, 0.1) is 5.56 Å². The first-order valence-electron chi connectivity index (χ1n) is 6.13. The molecule has 0 bridgehead atoms. The molecule has 18 heavy (non-hydrogen) atoms. The molecular formula is C13H14BrFN2O. The molecule has 0 spiro atoms. The van der Waals surface area contributed by atoms with Crippen LogP contribution in [0.25, 0.3) is 0 Å². The van der Waals surface area contributed by atoms with Gasteiger partial charge in [0.2, 0.25) is 0 Å². The van der Waals surface area contributed by atoms with E-state index in [9.17, 15) is 9.18 Å². The van der Waals surface area contributed by atoms with Crippen molar-refractivity contribution in [3.05, 3.63) is 34.1 Å². The summed E-state index contributed by atoms with van der Waals surface area (Å²) < 4.78 is 13.9. The number of halogens is 2. The van der Waals surface area contributed by atoms with Gasteiger partial charge < -0.3 is 10.2 Å². The van der Waals surface area contributed by atoms with E-state index < -0.39 is 0 Å². The number of amides is 1. The van der Waals surface area contributed by atoms with Crippen molar-refractivity contribution in [2.24, 2.45) is 5.92 Å². The summed E-state index contributed by atoms with van der Waals surface area (Å²) in [4.78, 5) is 14.3. The molecule has 2 fully saturated rings. The van der Waals surface area contributed by atoms with Crippen LogP contribution in [0.15, 0.2) is 22.7 Å². The molecule has 1 aromatic carbocycles. The van der Waals surface area contributed by atoms with Crippen molar-refractivity contribution in [3.8, 4) is 0 Å². The molecule has 0 radical (unpaired) electrons. The normalized spacial score (nSPS) is 26.4. The molecule has 1 amide bonds. The Labute approximate surface area is 113 Å². The summed E-state index contributed by atoms with van der Waals surface area (Å²) in [7, 11) is 0. The second-order valence-electron chi connectivity index (χ2n) is 4.90. The first-order chi connectivity index (χ1) is 8.66. The monoisotopic (exact) mass is 312 g/mol. The second kappa shape index (κ2) is 4.63. The molecule has 0 aromatic heterocycles. The summed E-state index contributed by atoms with van der Waals surface area (Å²) in [6.45, 7) is 2.61. The number of nitrogens with zero attached hydrogens (tertiary/aromatic N) is 1. The minimum absolute atomic E-state index is 0.0717. The van der Waals surface area contributed by atoms with Crippen LogP contribution in [0.3, 0.4) is 0 Å². The van der Waals surface area contributed by atoms with E-state index in [1.807, 2.05) is 4.90 Å². The van der Waals surface area contributed by atoms with Crippen LogP contribution in [-0.2, 0) is 0 Å². The summed E-state index contributed by atoms with van der Waals surface area (Å²) in [6.07, 6.45) is 1.04. The lowest BCUT2D eigenvalue weighted by molar-refractivity contribution is 0.0735. The number of nitrogens with one attached hydrogen (secondary N) is 1. The van der Waals surface area contributed by atoms with Crippen LogP contribution < -0.4 is 5.32 Å². The Kier molecular flexibility index (Phi) is 3.11. The molecule has 2 aliphatic heterocycles. The molecule has 3 nitrogen and oxygen atoms in total. The first-order valence-corrected chi connectivity index (χ1v) is 6.93. The summed E-state index contributed by atoms with van der Waals surface area (Å²) in [5.41, 5.74) is 0.419. The van der Waals surface area contributed by atoms with Gasteiger partial charge >= 0.3 is 0 Å². The van der Waals surface area contributed by atoms with Crippen LogP contribution in [0.2, 0.25) is 0 Å². The lowest BCUT2D eigenvalue weighted by atomic mass is 10.0. The molecule has 0 unspecified atom stereocenters. The lowest BCUT2D eigenvalue weighted by Gasteiger charge is -2.24. The van der Waals surface area contributed by atoms with Crippen LogP contribution in [0.4, 0.5) is 4.39 Å². The van der Waals surface area contributed by atoms with Gasteiger partial charge in [-0.15, -0.1) is 0 Å². The Morgan fingerprint density at radius 2 is 2.28 bits per heavy atom. The van der Waals surface area contributed by atoms with Crippen molar-refractivity contribution in [2.75, 3.05) is 19.6 Å². The fourth-order valence-corrected chi connectivity index (χ4v) is 3.33. The number of benzene rings is 1. The van der Waals surface area contributed by atoms with Crippen molar-refractivity contribution in [1.82, 2.24) is 10.2 Å². The Morgan fingerprint density at radius 3 is 3.11 bits per heavy atom. The van der Waals surface area contributed by atoms with E-state index >= 15 is 0 Å². The van der Waals surface area contributed by atoms with E-state index in [1.165, 1.54) is 12.1 Å². The largest absolute Gasteiger partial charge is 0.334 e. The highest BCUT2D eigenvalue weighted by atomic mass is 79.9. The summed E-state index contributed by atoms with van der Waals surface area (Å²) >= 11 is 3.32. The minimum atomic E-state index is -0.373. The second-order valence-corrected chi connectivity index (χ2v) is 5.75. The van der Waals surface area contributed by atoms with E-state index in [0.29, 0.717) is 16.0 Å². The van der Waals surface area contributed by atoms with Gasteiger partial charge in [-0.2, -0.15) is 0 Å². The predicted molar refractivity (Wildman–Crippen MR) is 69.9 cm³/mol. The molecule has 1 N–H and O–H groups in total.